The number of carbonyl (C=O) groups is 1. The van der Waals surface area contributed by atoms with Gasteiger partial charge in [-0.2, -0.15) is 0 Å². The summed E-state index contributed by atoms with van der Waals surface area (Å²) < 4.78 is 37.1. The van der Waals surface area contributed by atoms with Gasteiger partial charge in [-0.3, -0.25) is 4.79 Å². The van der Waals surface area contributed by atoms with Gasteiger partial charge in [-0.25, -0.2) is 8.78 Å². The van der Waals surface area contributed by atoms with Crippen molar-refractivity contribution in [3.63, 3.8) is 0 Å². The van der Waals surface area contributed by atoms with Crippen molar-refractivity contribution >= 4 is 5.91 Å². The molecule has 1 aromatic carbocycles. The lowest BCUT2D eigenvalue weighted by Crippen LogP contribution is -2.41. The fraction of sp³-hybridized carbons (Fsp3) is 0.533. The molecule has 1 atom stereocenters. The van der Waals surface area contributed by atoms with Crippen LogP contribution in [0.2, 0.25) is 0 Å². The average Bonchev–Trinajstić information content (AvgIpc) is 3.04. The number of benzene rings is 1. The van der Waals surface area contributed by atoms with Gasteiger partial charge in [-0.05, 0) is 31.0 Å². The van der Waals surface area contributed by atoms with Gasteiger partial charge in [0, 0.05) is 12.2 Å². The highest BCUT2D eigenvalue weighted by Crippen LogP contribution is 2.17. The van der Waals surface area contributed by atoms with Crippen molar-refractivity contribution in [2.75, 3.05) is 26.3 Å². The van der Waals surface area contributed by atoms with Gasteiger partial charge in [0.15, 0.2) is 0 Å². The molecule has 1 amide bonds. The first kappa shape index (κ1) is 16.6. The summed E-state index contributed by atoms with van der Waals surface area (Å²) in [7, 11) is 0. The fourth-order valence-corrected chi connectivity index (χ4v) is 2.08. The van der Waals surface area contributed by atoms with E-state index in [0.29, 0.717) is 12.4 Å². The molecule has 2 rings (SSSR count). The van der Waals surface area contributed by atoms with Gasteiger partial charge >= 0.3 is 0 Å². The number of hydrogen-bond acceptors (Lipinski definition) is 4. The van der Waals surface area contributed by atoms with Gasteiger partial charge in [-0.1, -0.05) is 6.07 Å². The van der Waals surface area contributed by atoms with E-state index in [1.807, 2.05) is 0 Å². The van der Waals surface area contributed by atoms with Crippen LogP contribution < -0.4 is 15.8 Å². The molecule has 1 aliphatic rings. The predicted octanol–water partition coefficient (Wildman–Crippen LogP) is 1.57. The minimum atomic E-state index is -3.11. The van der Waals surface area contributed by atoms with Crippen LogP contribution in [0.3, 0.4) is 0 Å². The van der Waals surface area contributed by atoms with Crippen LogP contribution in [-0.2, 0) is 4.74 Å². The number of rotatable bonds is 7. The highest BCUT2D eigenvalue weighted by atomic mass is 19.3. The van der Waals surface area contributed by atoms with E-state index < -0.39 is 24.9 Å². The summed E-state index contributed by atoms with van der Waals surface area (Å²) in [5.74, 6) is -3.19. The first-order valence-corrected chi connectivity index (χ1v) is 7.21. The molecule has 5 nitrogen and oxygen atoms in total. The zero-order valence-electron chi connectivity index (χ0n) is 12.2. The Kier molecular flexibility index (Phi) is 5.68. The molecule has 1 aromatic rings. The van der Waals surface area contributed by atoms with Crippen molar-refractivity contribution in [3.8, 4) is 5.75 Å². The number of carbonyl (C=O) groups excluding carboxylic acids is 1. The maximum Gasteiger partial charge on any atom is 0.277 e. The summed E-state index contributed by atoms with van der Waals surface area (Å²) in [5.41, 5.74) is 5.18. The molecule has 7 heteroatoms. The van der Waals surface area contributed by atoms with E-state index in [-0.39, 0.29) is 11.7 Å². The number of alkyl halides is 2. The van der Waals surface area contributed by atoms with Gasteiger partial charge in [0.1, 0.15) is 12.4 Å². The maximum atomic E-state index is 13.0. The van der Waals surface area contributed by atoms with Gasteiger partial charge in [0.2, 0.25) is 0 Å². The van der Waals surface area contributed by atoms with Gasteiger partial charge in [0.05, 0.1) is 19.2 Å². The zero-order valence-corrected chi connectivity index (χ0v) is 12.2. The Balaban J connectivity index is 1.88. The second-order valence-electron chi connectivity index (χ2n) is 5.22. The van der Waals surface area contributed by atoms with Crippen molar-refractivity contribution in [2.24, 2.45) is 5.73 Å². The van der Waals surface area contributed by atoms with Crippen LogP contribution in [0.5, 0.6) is 5.75 Å². The van der Waals surface area contributed by atoms with Gasteiger partial charge < -0.3 is 20.5 Å². The maximum absolute atomic E-state index is 13.0. The number of nitrogens with one attached hydrogen (secondary N) is 1. The Labute approximate surface area is 127 Å². The van der Waals surface area contributed by atoms with E-state index in [4.69, 9.17) is 15.2 Å². The van der Waals surface area contributed by atoms with E-state index in [2.05, 4.69) is 5.32 Å². The molecule has 122 valence electrons. The van der Waals surface area contributed by atoms with E-state index in [0.717, 1.165) is 19.4 Å². The lowest BCUT2D eigenvalue weighted by Gasteiger charge is -2.15. The van der Waals surface area contributed by atoms with Crippen molar-refractivity contribution in [3.05, 3.63) is 29.8 Å². The molecule has 1 saturated heterocycles. The first-order chi connectivity index (χ1) is 10.5. The number of hydrogen-bond donors (Lipinski definition) is 2. The van der Waals surface area contributed by atoms with E-state index in [1.54, 1.807) is 12.1 Å². The molecule has 1 aliphatic heterocycles. The van der Waals surface area contributed by atoms with Crippen molar-refractivity contribution in [1.82, 2.24) is 5.32 Å². The SMILES string of the molecule is NCC(F)(F)CNC(=O)c1cccc(OCC2CCCO2)c1. The molecule has 0 radical (unpaired) electrons. The molecular weight excluding hydrogens is 294 g/mol. The van der Waals surface area contributed by atoms with Crippen LogP contribution in [0.4, 0.5) is 8.78 Å². The number of ether oxygens (including phenoxy) is 2. The molecule has 0 spiro atoms. The Morgan fingerprint density at radius 3 is 3.00 bits per heavy atom. The van der Waals surface area contributed by atoms with Gasteiger partial charge in [-0.15, -0.1) is 0 Å². The summed E-state index contributed by atoms with van der Waals surface area (Å²) in [6, 6.07) is 6.40. The molecule has 22 heavy (non-hydrogen) atoms. The molecular formula is C15H20F2N2O3. The summed E-state index contributed by atoms with van der Waals surface area (Å²) in [5, 5.41) is 2.17. The predicted molar refractivity (Wildman–Crippen MR) is 77.2 cm³/mol. The monoisotopic (exact) mass is 314 g/mol. The molecule has 1 fully saturated rings. The molecule has 0 aliphatic carbocycles. The van der Waals surface area contributed by atoms with Crippen LogP contribution in [0.15, 0.2) is 24.3 Å². The highest BCUT2D eigenvalue weighted by Gasteiger charge is 2.27. The Hall–Kier alpha value is -1.73. The number of amides is 1. The second-order valence-corrected chi connectivity index (χ2v) is 5.22. The van der Waals surface area contributed by atoms with Crippen LogP contribution >= 0.6 is 0 Å². The Morgan fingerprint density at radius 1 is 1.50 bits per heavy atom. The average molecular weight is 314 g/mol. The smallest absolute Gasteiger partial charge is 0.277 e. The molecule has 0 saturated carbocycles. The summed E-state index contributed by atoms with van der Waals surface area (Å²) >= 11 is 0. The van der Waals surface area contributed by atoms with E-state index >= 15 is 0 Å². The summed E-state index contributed by atoms with van der Waals surface area (Å²) in [6.45, 7) is -0.441. The minimum Gasteiger partial charge on any atom is -0.491 e. The topological polar surface area (TPSA) is 73.6 Å². The fourth-order valence-electron chi connectivity index (χ4n) is 2.08. The van der Waals surface area contributed by atoms with E-state index in [1.165, 1.54) is 12.1 Å². The summed E-state index contributed by atoms with van der Waals surface area (Å²) in [4.78, 5) is 11.9. The van der Waals surface area contributed by atoms with Crippen LogP contribution in [0.1, 0.15) is 23.2 Å². The largest absolute Gasteiger partial charge is 0.491 e. The molecule has 0 bridgehead atoms. The van der Waals surface area contributed by atoms with Gasteiger partial charge in [0.25, 0.3) is 11.8 Å². The minimum absolute atomic E-state index is 0.0701. The van der Waals surface area contributed by atoms with Crippen LogP contribution in [0, 0.1) is 0 Å². The lowest BCUT2D eigenvalue weighted by atomic mass is 10.2. The molecule has 1 heterocycles. The first-order valence-electron chi connectivity index (χ1n) is 7.21. The lowest BCUT2D eigenvalue weighted by molar-refractivity contribution is 0.0118. The number of nitrogens with two attached hydrogens (primary N) is 1. The standard InChI is InChI=1S/C15H20F2N2O3/c16-15(17,9-18)10-19-14(20)11-3-1-4-12(7-11)22-8-13-5-2-6-21-13/h1,3-4,7,13H,2,5-6,8-10,18H2,(H,19,20). The third-order valence-corrected chi connectivity index (χ3v) is 3.36. The van der Waals surface area contributed by atoms with Crippen molar-refractivity contribution in [1.29, 1.82) is 0 Å². The molecule has 1 unspecified atom stereocenters. The third-order valence-electron chi connectivity index (χ3n) is 3.36. The van der Waals surface area contributed by atoms with Crippen LogP contribution in [-0.4, -0.2) is 44.2 Å². The highest BCUT2D eigenvalue weighted by molar-refractivity contribution is 5.94. The molecule has 0 aromatic heterocycles. The second kappa shape index (κ2) is 7.51. The Bertz CT molecular complexity index is 505. The van der Waals surface area contributed by atoms with E-state index in [9.17, 15) is 13.6 Å². The molecule has 3 N–H and O–H groups in total. The number of halogens is 2. The van der Waals surface area contributed by atoms with Crippen LogP contribution in [0.25, 0.3) is 0 Å². The van der Waals surface area contributed by atoms with Crippen molar-refractivity contribution < 1.29 is 23.0 Å². The van der Waals surface area contributed by atoms with Crippen molar-refractivity contribution in [2.45, 2.75) is 24.9 Å². The summed E-state index contributed by atoms with van der Waals surface area (Å²) in [6.07, 6.45) is 2.04. The quantitative estimate of drug-likeness (QED) is 0.801. The third kappa shape index (κ3) is 4.92. The zero-order chi connectivity index (χ0) is 16.0. The normalized spacial score (nSPS) is 18.2. The Morgan fingerprint density at radius 2 is 2.32 bits per heavy atom.